The Labute approximate surface area is 163 Å². The number of carbonyl (C=O) groups excluding carboxylic acids is 2. The summed E-state index contributed by atoms with van der Waals surface area (Å²) in [6.07, 6.45) is 1.24. The number of benzene rings is 2. The lowest BCUT2D eigenvalue weighted by molar-refractivity contribution is -0.146. The van der Waals surface area contributed by atoms with Crippen LogP contribution in [0.3, 0.4) is 0 Å². The Balaban J connectivity index is 1.67. The van der Waals surface area contributed by atoms with E-state index in [9.17, 15) is 14.0 Å². The summed E-state index contributed by atoms with van der Waals surface area (Å²) in [5.41, 5.74) is 1.90. The van der Waals surface area contributed by atoms with Gasteiger partial charge in [0.1, 0.15) is 5.82 Å². The second kappa shape index (κ2) is 10.7. The molecule has 6 heteroatoms. The lowest BCUT2D eigenvalue weighted by atomic mass is 9.99. The molecule has 27 heavy (non-hydrogen) atoms. The Morgan fingerprint density at radius 3 is 2.41 bits per heavy atom. The van der Waals surface area contributed by atoms with Crippen molar-refractivity contribution in [1.29, 1.82) is 0 Å². The molecule has 1 atom stereocenters. The fourth-order valence-corrected chi connectivity index (χ4v) is 3.16. The molecule has 0 fully saturated rings. The average molecular weight is 389 g/mol. The number of hydrogen-bond acceptors (Lipinski definition) is 4. The fraction of sp³-hybridized carbons (Fsp3) is 0.333. The van der Waals surface area contributed by atoms with E-state index in [1.165, 1.54) is 29.5 Å². The first kappa shape index (κ1) is 21.0. The highest BCUT2D eigenvalue weighted by atomic mass is 32.2. The molecule has 0 saturated carbocycles. The van der Waals surface area contributed by atoms with Gasteiger partial charge in [-0.2, -0.15) is 0 Å². The minimum absolute atomic E-state index is 0.179. The summed E-state index contributed by atoms with van der Waals surface area (Å²) in [6.45, 7) is 3.97. The first-order valence-electron chi connectivity index (χ1n) is 8.91. The number of rotatable bonds is 9. The van der Waals surface area contributed by atoms with Crippen LogP contribution in [0.5, 0.6) is 0 Å². The molecule has 0 spiro atoms. The number of halogens is 1. The zero-order chi connectivity index (χ0) is 19.6. The van der Waals surface area contributed by atoms with Gasteiger partial charge in [-0.25, -0.2) is 4.39 Å². The topological polar surface area (TPSA) is 55.4 Å². The molecule has 0 aliphatic rings. The number of nitrogens with one attached hydrogen (secondary N) is 1. The molecule has 0 aromatic heterocycles. The predicted octanol–water partition coefficient (Wildman–Crippen LogP) is 5.00. The molecule has 1 N–H and O–H groups in total. The van der Waals surface area contributed by atoms with Gasteiger partial charge in [-0.3, -0.25) is 9.59 Å². The molecule has 0 aliphatic carbocycles. The molecule has 0 aliphatic heterocycles. The second-order valence-electron chi connectivity index (χ2n) is 6.19. The molecule has 2 aromatic carbocycles. The van der Waals surface area contributed by atoms with Crippen LogP contribution in [0.1, 0.15) is 38.2 Å². The molecule has 0 unspecified atom stereocenters. The molecule has 144 valence electrons. The Hall–Kier alpha value is -2.34. The van der Waals surface area contributed by atoms with E-state index in [-0.39, 0.29) is 24.8 Å². The van der Waals surface area contributed by atoms with Crippen molar-refractivity contribution in [2.45, 2.75) is 37.5 Å². The minimum atomic E-state index is -0.438. The highest BCUT2D eigenvalue weighted by molar-refractivity contribution is 7.99. The summed E-state index contributed by atoms with van der Waals surface area (Å²) in [5, 5.41) is 2.71. The van der Waals surface area contributed by atoms with E-state index in [2.05, 4.69) is 19.2 Å². The van der Waals surface area contributed by atoms with Gasteiger partial charge in [0, 0.05) is 16.3 Å². The van der Waals surface area contributed by atoms with Crippen molar-refractivity contribution in [2.75, 3.05) is 17.7 Å². The van der Waals surface area contributed by atoms with Crippen LogP contribution in [0.25, 0.3) is 0 Å². The Morgan fingerprint density at radius 2 is 1.78 bits per heavy atom. The Kier molecular flexibility index (Phi) is 8.33. The number of carbonyl (C=O) groups is 2. The van der Waals surface area contributed by atoms with Gasteiger partial charge in [0.15, 0.2) is 6.61 Å². The quantitative estimate of drug-likeness (QED) is 0.484. The van der Waals surface area contributed by atoms with Crippen molar-refractivity contribution in [1.82, 2.24) is 0 Å². The smallest absolute Gasteiger partial charge is 0.307 e. The molecule has 2 aromatic rings. The molecule has 2 rings (SSSR count). The van der Waals surface area contributed by atoms with Crippen LogP contribution in [0.4, 0.5) is 10.1 Å². The van der Waals surface area contributed by atoms with Gasteiger partial charge >= 0.3 is 5.97 Å². The van der Waals surface area contributed by atoms with Crippen molar-refractivity contribution in [3.63, 3.8) is 0 Å². The number of anilines is 1. The van der Waals surface area contributed by atoms with Crippen LogP contribution in [0.15, 0.2) is 53.4 Å². The molecule has 1 amide bonds. The second-order valence-corrected chi connectivity index (χ2v) is 7.36. The maximum absolute atomic E-state index is 12.8. The molecule has 4 nitrogen and oxygen atoms in total. The van der Waals surface area contributed by atoms with Gasteiger partial charge in [0.25, 0.3) is 5.91 Å². The van der Waals surface area contributed by atoms with Gasteiger partial charge in [-0.1, -0.05) is 26.0 Å². The standard InChI is InChI=1S/C21H24FNO3S/c1-3-15(2)16-4-8-18(9-5-16)23-20(24)14-26-21(25)12-13-27-19-10-6-17(22)7-11-19/h4-11,15H,3,12-14H2,1-2H3,(H,23,24)/t15-/m1/s1. The highest BCUT2D eigenvalue weighted by Gasteiger charge is 2.09. The monoisotopic (exact) mass is 389 g/mol. The van der Waals surface area contributed by atoms with Gasteiger partial charge in [0.05, 0.1) is 6.42 Å². The summed E-state index contributed by atoms with van der Waals surface area (Å²) in [7, 11) is 0. The summed E-state index contributed by atoms with van der Waals surface area (Å²) in [6, 6.07) is 13.7. The predicted molar refractivity (Wildman–Crippen MR) is 106 cm³/mol. The van der Waals surface area contributed by atoms with E-state index in [1.54, 1.807) is 12.1 Å². The highest BCUT2D eigenvalue weighted by Crippen LogP contribution is 2.21. The lowest BCUT2D eigenvalue weighted by Crippen LogP contribution is -2.21. The maximum Gasteiger partial charge on any atom is 0.307 e. The molecule has 0 heterocycles. The van der Waals surface area contributed by atoms with Crippen molar-refractivity contribution in [3.8, 4) is 0 Å². The number of esters is 1. The van der Waals surface area contributed by atoms with Crippen molar-refractivity contribution >= 4 is 29.3 Å². The van der Waals surface area contributed by atoms with Gasteiger partial charge in [-0.05, 0) is 54.3 Å². The zero-order valence-corrected chi connectivity index (χ0v) is 16.4. The van der Waals surface area contributed by atoms with E-state index < -0.39 is 5.97 Å². The zero-order valence-electron chi connectivity index (χ0n) is 15.5. The minimum Gasteiger partial charge on any atom is -0.456 e. The SMILES string of the molecule is CC[C@@H](C)c1ccc(NC(=O)COC(=O)CCSc2ccc(F)cc2)cc1. The van der Waals surface area contributed by atoms with Gasteiger partial charge < -0.3 is 10.1 Å². The number of hydrogen-bond donors (Lipinski definition) is 1. The maximum atomic E-state index is 12.8. The summed E-state index contributed by atoms with van der Waals surface area (Å²) < 4.78 is 17.8. The van der Waals surface area contributed by atoms with Crippen LogP contribution < -0.4 is 5.32 Å². The average Bonchev–Trinajstić information content (AvgIpc) is 2.68. The van der Waals surface area contributed by atoms with Crippen LogP contribution in [0, 0.1) is 5.82 Å². The van der Waals surface area contributed by atoms with Crippen molar-refractivity contribution < 1.29 is 18.7 Å². The third-order valence-electron chi connectivity index (χ3n) is 4.13. The van der Waals surface area contributed by atoms with E-state index >= 15 is 0 Å². The largest absolute Gasteiger partial charge is 0.456 e. The third kappa shape index (κ3) is 7.43. The number of thioether (sulfide) groups is 1. The fourth-order valence-electron chi connectivity index (χ4n) is 2.33. The van der Waals surface area contributed by atoms with Gasteiger partial charge in [0.2, 0.25) is 0 Å². The number of ether oxygens (including phenoxy) is 1. The van der Waals surface area contributed by atoms with E-state index in [4.69, 9.17) is 4.74 Å². The van der Waals surface area contributed by atoms with Crippen molar-refractivity contribution in [2.24, 2.45) is 0 Å². The van der Waals surface area contributed by atoms with Crippen LogP contribution in [-0.2, 0) is 14.3 Å². The van der Waals surface area contributed by atoms with Crippen LogP contribution >= 0.6 is 11.8 Å². The Morgan fingerprint density at radius 1 is 1.11 bits per heavy atom. The summed E-state index contributed by atoms with van der Waals surface area (Å²) in [4.78, 5) is 24.5. The first-order valence-corrected chi connectivity index (χ1v) is 9.90. The Bertz CT molecular complexity index is 747. The summed E-state index contributed by atoms with van der Waals surface area (Å²) >= 11 is 1.43. The van der Waals surface area contributed by atoms with Crippen LogP contribution in [-0.4, -0.2) is 24.2 Å². The molecule has 0 radical (unpaired) electrons. The van der Waals surface area contributed by atoms with E-state index in [0.29, 0.717) is 17.4 Å². The first-order chi connectivity index (χ1) is 13.0. The van der Waals surface area contributed by atoms with Gasteiger partial charge in [-0.15, -0.1) is 11.8 Å². The van der Waals surface area contributed by atoms with E-state index in [1.807, 2.05) is 24.3 Å². The molecular weight excluding hydrogens is 365 g/mol. The lowest BCUT2D eigenvalue weighted by Gasteiger charge is -2.10. The third-order valence-corrected chi connectivity index (χ3v) is 5.14. The molecule has 0 bridgehead atoms. The van der Waals surface area contributed by atoms with Crippen molar-refractivity contribution in [3.05, 3.63) is 59.9 Å². The normalized spacial score (nSPS) is 11.7. The molecule has 0 saturated heterocycles. The van der Waals surface area contributed by atoms with E-state index in [0.717, 1.165) is 11.3 Å². The summed E-state index contributed by atoms with van der Waals surface area (Å²) in [5.74, 6) is -0.121. The molecular formula is C21H24FNO3S. The van der Waals surface area contributed by atoms with Crippen LogP contribution in [0.2, 0.25) is 0 Å². The number of amides is 1.